The van der Waals surface area contributed by atoms with Gasteiger partial charge in [0.05, 0.1) is 18.8 Å². The van der Waals surface area contributed by atoms with Crippen molar-refractivity contribution in [1.82, 2.24) is 24.5 Å². The molecule has 0 aromatic carbocycles. The van der Waals surface area contributed by atoms with Crippen LogP contribution in [0.4, 0.5) is 11.9 Å². The zero-order valence-electron chi connectivity index (χ0n) is 11.1. The van der Waals surface area contributed by atoms with Crippen LogP contribution in [0.2, 0.25) is 0 Å². The molecule has 0 spiro atoms. The van der Waals surface area contributed by atoms with E-state index in [4.69, 9.17) is 5.73 Å². The van der Waals surface area contributed by atoms with Crippen LogP contribution in [0.3, 0.4) is 0 Å². The highest BCUT2D eigenvalue weighted by Gasteiger charge is 2.27. The molecule has 0 saturated carbocycles. The molecular weight excluding hydrogens is 262 g/mol. The summed E-state index contributed by atoms with van der Waals surface area (Å²) >= 11 is 0. The Balaban J connectivity index is 2.33. The number of nitrogen functional groups attached to an aromatic ring is 1. The van der Waals surface area contributed by atoms with Gasteiger partial charge in [-0.05, 0) is 6.42 Å². The van der Waals surface area contributed by atoms with Crippen molar-refractivity contribution in [3.63, 3.8) is 0 Å². The van der Waals surface area contributed by atoms with Crippen LogP contribution in [0.1, 0.15) is 13.3 Å². The lowest BCUT2D eigenvalue weighted by Crippen LogP contribution is -2.45. The lowest BCUT2D eigenvalue weighted by molar-refractivity contribution is 0.132. The van der Waals surface area contributed by atoms with Gasteiger partial charge in [-0.3, -0.25) is 4.57 Å². The molecule has 0 radical (unpaired) electrons. The molecule has 0 fully saturated rings. The number of hydrogen-bond donors (Lipinski definition) is 4. The van der Waals surface area contributed by atoms with Gasteiger partial charge in [-0.25, -0.2) is 4.98 Å². The topological polar surface area (TPSA) is 135 Å². The average molecular weight is 279 g/mol. The van der Waals surface area contributed by atoms with Crippen molar-refractivity contribution in [1.29, 1.82) is 0 Å². The van der Waals surface area contributed by atoms with Gasteiger partial charge in [0.1, 0.15) is 6.33 Å². The fourth-order valence-corrected chi connectivity index (χ4v) is 1.61. The number of anilines is 2. The maximum absolute atomic E-state index is 9.42. The predicted molar refractivity (Wildman–Crippen MR) is 72.2 cm³/mol. The van der Waals surface area contributed by atoms with Gasteiger partial charge < -0.3 is 21.3 Å². The maximum atomic E-state index is 9.42. The Morgan fingerprint density at radius 1 is 1.30 bits per heavy atom. The third-order valence-electron chi connectivity index (χ3n) is 3.04. The third-order valence-corrected chi connectivity index (χ3v) is 3.04. The van der Waals surface area contributed by atoms with Gasteiger partial charge in [0.25, 0.3) is 0 Å². The van der Waals surface area contributed by atoms with Crippen molar-refractivity contribution in [3.8, 4) is 5.95 Å². The number of nitrogens with zero attached hydrogens (tertiary/aromatic N) is 5. The second-order valence-electron chi connectivity index (χ2n) is 4.36. The summed E-state index contributed by atoms with van der Waals surface area (Å²) in [7, 11) is 0. The Morgan fingerprint density at radius 3 is 2.60 bits per heavy atom. The normalized spacial score (nSPS) is 11.6. The molecular formula is C11H17N7O2. The highest BCUT2D eigenvalue weighted by molar-refractivity contribution is 5.37. The number of aliphatic hydroxyl groups is 2. The molecule has 9 nitrogen and oxygen atoms in total. The SMILES string of the molecule is CCC(CO)(CO)Nc1nc(N)nc(-n2ccnc2)n1. The third kappa shape index (κ3) is 2.83. The molecule has 0 aliphatic rings. The Kier molecular flexibility index (Phi) is 4.11. The second-order valence-corrected chi connectivity index (χ2v) is 4.36. The van der Waals surface area contributed by atoms with Crippen LogP contribution in [0.5, 0.6) is 0 Å². The number of rotatable bonds is 6. The van der Waals surface area contributed by atoms with E-state index in [9.17, 15) is 10.2 Å². The molecule has 0 amide bonds. The first-order chi connectivity index (χ1) is 9.62. The minimum absolute atomic E-state index is 0.0343. The molecule has 5 N–H and O–H groups in total. The molecule has 0 bridgehead atoms. The summed E-state index contributed by atoms with van der Waals surface area (Å²) in [5.74, 6) is 0.525. The minimum Gasteiger partial charge on any atom is -0.394 e. The standard InChI is InChI=1S/C11H17N7O2/c1-2-11(5-19,6-20)17-9-14-8(12)15-10(16-9)18-4-3-13-7-18/h3-4,7,19-20H,2,5-6H2,1H3,(H3,12,14,15,16,17). The van der Waals surface area contributed by atoms with Crippen molar-refractivity contribution in [2.45, 2.75) is 18.9 Å². The molecule has 20 heavy (non-hydrogen) atoms. The highest BCUT2D eigenvalue weighted by Crippen LogP contribution is 2.16. The number of aromatic nitrogens is 5. The van der Waals surface area contributed by atoms with E-state index in [1.807, 2.05) is 6.92 Å². The number of aliphatic hydroxyl groups excluding tert-OH is 2. The largest absolute Gasteiger partial charge is 0.394 e. The smallest absolute Gasteiger partial charge is 0.241 e. The first kappa shape index (κ1) is 14.2. The van der Waals surface area contributed by atoms with Crippen LogP contribution in [-0.4, -0.2) is 53.5 Å². The van der Waals surface area contributed by atoms with E-state index in [-0.39, 0.29) is 25.1 Å². The number of imidazole rings is 1. The molecule has 0 unspecified atom stereocenters. The predicted octanol–water partition coefficient (Wildman–Crippen LogP) is -0.815. The Morgan fingerprint density at radius 2 is 2.05 bits per heavy atom. The first-order valence-electron chi connectivity index (χ1n) is 6.12. The van der Waals surface area contributed by atoms with Crippen LogP contribution in [0.15, 0.2) is 18.7 Å². The number of nitrogens with one attached hydrogen (secondary N) is 1. The first-order valence-corrected chi connectivity index (χ1v) is 6.12. The molecule has 2 heterocycles. The van der Waals surface area contributed by atoms with Crippen LogP contribution >= 0.6 is 0 Å². The Bertz CT molecular complexity index is 546. The summed E-state index contributed by atoms with van der Waals surface area (Å²) < 4.78 is 1.58. The summed E-state index contributed by atoms with van der Waals surface area (Å²) in [6, 6.07) is 0. The summed E-state index contributed by atoms with van der Waals surface area (Å²) in [6.45, 7) is 1.32. The van der Waals surface area contributed by atoms with Gasteiger partial charge in [-0.15, -0.1) is 0 Å². The maximum Gasteiger partial charge on any atom is 0.241 e. The lowest BCUT2D eigenvalue weighted by Gasteiger charge is -2.29. The summed E-state index contributed by atoms with van der Waals surface area (Å²) in [4.78, 5) is 16.1. The van der Waals surface area contributed by atoms with E-state index in [1.165, 1.54) is 6.33 Å². The molecule has 0 saturated heterocycles. The van der Waals surface area contributed by atoms with Crippen LogP contribution < -0.4 is 11.1 Å². The molecule has 108 valence electrons. The van der Waals surface area contributed by atoms with Crippen LogP contribution in [0.25, 0.3) is 5.95 Å². The number of hydrogen-bond acceptors (Lipinski definition) is 8. The van der Waals surface area contributed by atoms with Crippen molar-refractivity contribution in [2.24, 2.45) is 0 Å². The highest BCUT2D eigenvalue weighted by atomic mass is 16.3. The monoisotopic (exact) mass is 279 g/mol. The van der Waals surface area contributed by atoms with E-state index in [0.29, 0.717) is 12.4 Å². The molecule has 2 aromatic rings. The van der Waals surface area contributed by atoms with Gasteiger partial charge in [0, 0.05) is 12.4 Å². The summed E-state index contributed by atoms with van der Waals surface area (Å²) in [5.41, 5.74) is 4.74. The van der Waals surface area contributed by atoms with Crippen molar-refractivity contribution in [3.05, 3.63) is 18.7 Å². The quantitative estimate of drug-likeness (QED) is 0.539. The fraction of sp³-hybridized carbons (Fsp3) is 0.455. The van der Waals surface area contributed by atoms with Gasteiger partial charge in [-0.1, -0.05) is 6.92 Å². The molecule has 0 aliphatic carbocycles. The van der Waals surface area contributed by atoms with Gasteiger partial charge in [0.15, 0.2) is 0 Å². The fourth-order valence-electron chi connectivity index (χ4n) is 1.61. The van der Waals surface area contributed by atoms with E-state index in [1.54, 1.807) is 17.0 Å². The van der Waals surface area contributed by atoms with Crippen LogP contribution in [0, 0.1) is 0 Å². The second kappa shape index (κ2) is 5.80. The Hall–Kier alpha value is -2.26. The average Bonchev–Trinajstić information content (AvgIpc) is 2.98. The van der Waals surface area contributed by atoms with Crippen molar-refractivity contribution < 1.29 is 10.2 Å². The van der Waals surface area contributed by atoms with Crippen molar-refractivity contribution in [2.75, 3.05) is 24.3 Å². The number of nitrogens with two attached hydrogens (primary N) is 1. The molecule has 9 heteroatoms. The zero-order chi connectivity index (χ0) is 14.6. The zero-order valence-corrected chi connectivity index (χ0v) is 11.1. The molecule has 0 atom stereocenters. The summed E-state index contributed by atoms with van der Waals surface area (Å²) in [6.07, 6.45) is 5.28. The molecule has 2 rings (SSSR count). The minimum atomic E-state index is -0.903. The lowest BCUT2D eigenvalue weighted by atomic mass is 9.99. The summed E-state index contributed by atoms with van der Waals surface area (Å²) in [5, 5.41) is 21.7. The van der Waals surface area contributed by atoms with Crippen molar-refractivity contribution >= 4 is 11.9 Å². The van der Waals surface area contributed by atoms with Crippen LogP contribution in [-0.2, 0) is 0 Å². The molecule has 2 aromatic heterocycles. The van der Waals surface area contributed by atoms with Gasteiger partial charge in [-0.2, -0.15) is 15.0 Å². The van der Waals surface area contributed by atoms with E-state index < -0.39 is 5.54 Å². The van der Waals surface area contributed by atoms with E-state index >= 15 is 0 Å². The Labute approximate surface area is 115 Å². The van der Waals surface area contributed by atoms with E-state index in [2.05, 4.69) is 25.3 Å². The van der Waals surface area contributed by atoms with Gasteiger partial charge in [0.2, 0.25) is 17.8 Å². The van der Waals surface area contributed by atoms with E-state index in [0.717, 1.165) is 0 Å². The van der Waals surface area contributed by atoms with Gasteiger partial charge >= 0.3 is 0 Å². The molecule has 0 aliphatic heterocycles.